The van der Waals surface area contributed by atoms with Crippen molar-refractivity contribution in [2.75, 3.05) is 12.4 Å². The van der Waals surface area contributed by atoms with E-state index in [4.69, 9.17) is 21.6 Å². The number of aromatic hydroxyl groups is 1. The van der Waals surface area contributed by atoms with Gasteiger partial charge in [0, 0.05) is 11.7 Å². The lowest BCUT2D eigenvalue weighted by Gasteiger charge is -2.30. The fourth-order valence-electron chi connectivity index (χ4n) is 3.28. The van der Waals surface area contributed by atoms with E-state index in [1.807, 2.05) is 0 Å². The number of nitrogens with zero attached hydrogens (tertiary/aromatic N) is 1. The van der Waals surface area contributed by atoms with Gasteiger partial charge in [0.25, 0.3) is 11.8 Å². The Bertz CT molecular complexity index is 1180. The maximum Gasteiger partial charge on any atom is 0.408 e. The van der Waals surface area contributed by atoms with Gasteiger partial charge in [-0.2, -0.15) is 0 Å². The molecule has 4 amide bonds. The number of nitrogens with two attached hydrogens (primary N) is 1. The van der Waals surface area contributed by atoms with Crippen molar-refractivity contribution in [3.8, 4) is 24.0 Å². The Balaban J connectivity index is 2.45. The summed E-state index contributed by atoms with van der Waals surface area (Å²) in [7, 11) is 1.50. The summed E-state index contributed by atoms with van der Waals surface area (Å²) in [6.07, 6.45) is 4.06. The fraction of sp³-hybridized carbons (Fsp3) is 0.308. The van der Waals surface area contributed by atoms with E-state index in [9.17, 15) is 24.3 Å². The summed E-state index contributed by atoms with van der Waals surface area (Å²) in [5.41, 5.74) is 4.95. The summed E-state index contributed by atoms with van der Waals surface area (Å²) >= 11 is 0. The van der Waals surface area contributed by atoms with Gasteiger partial charge in [0.2, 0.25) is 5.91 Å². The highest BCUT2D eigenvalue weighted by Gasteiger charge is 2.36. The van der Waals surface area contributed by atoms with Crippen LogP contribution in [0.25, 0.3) is 0 Å². The molecule has 2 aromatic carbocycles. The summed E-state index contributed by atoms with van der Waals surface area (Å²) in [6, 6.07) is 11.2. The van der Waals surface area contributed by atoms with E-state index < -0.39 is 47.9 Å². The van der Waals surface area contributed by atoms with Crippen LogP contribution in [0.5, 0.6) is 11.5 Å². The van der Waals surface area contributed by atoms with Crippen molar-refractivity contribution < 1.29 is 33.8 Å². The summed E-state index contributed by atoms with van der Waals surface area (Å²) in [4.78, 5) is 51.7. The fourth-order valence-corrected chi connectivity index (χ4v) is 3.28. The number of rotatable bonds is 9. The third kappa shape index (κ3) is 8.47. The van der Waals surface area contributed by atoms with Gasteiger partial charge in [0.15, 0.2) is 0 Å². The quantitative estimate of drug-likeness (QED) is 0.297. The monoisotopic (exact) mass is 510 g/mol. The molecule has 0 aliphatic heterocycles. The zero-order valence-electron chi connectivity index (χ0n) is 21.0. The van der Waals surface area contributed by atoms with Crippen LogP contribution in [0.15, 0.2) is 48.5 Å². The molecule has 0 heterocycles. The number of benzene rings is 2. The molecule has 0 bridgehead atoms. The lowest BCUT2D eigenvalue weighted by molar-refractivity contribution is -0.138. The minimum absolute atomic E-state index is 0.174. The van der Waals surface area contributed by atoms with Crippen LogP contribution in [0.1, 0.15) is 38.8 Å². The molecule has 11 heteroatoms. The van der Waals surface area contributed by atoms with Gasteiger partial charge in [-0.25, -0.2) is 4.79 Å². The van der Waals surface area contributed by atoms with E-state index in [0.29, 0.717) is 11.4 Å². The van der Waals surface area contributed by atoms with E-state index in [2.05, 4.69) is 16.7 Å². The third-order valence-corrected chi connectivity index (χ3v) is 4.82. The number of anilines is 1. The molecule has 37 heavy (non-hydrogen) atoms. The van der Waals surface area contributed by atoms with Crippen LogP contribution >= 0.6 is 0 Å². The van der Waals surface area contributed by atoms with Crippen LogP contribution in [-0.2, 0) is 19.1 Å². The van der Waals surface area contributed by atoms with Crippen molar-refractivity contribution >= 4 is 29.5 Å². The molecule has 2 aromatic rings. The molecule has 0 saturated heterocycles. The number of carbonyl (C=O) groups is 4. The molecule has 0 fully saturated rings. The van der Waals surface area contributed by atoms with Gasteiger partial charge in [0.05, 0.1) is 13.5 Å². The summed E-state index contributed by atoms with van der Waals surface area (Å²) < 4.78 is 10.3. The summed E-state index contributed by atoms with van der Waals surface area (Å²) in [6.45, 7) is 4.85. The first-order valence-electron chi connectivity index (χ1n) is 11.2. The SMILES string of the molecule is C#CN(C(=O)C(CC(N)=O)NC(=O)OC(C)(C)C)C(C(=O)Nc1ccc(OC)cc1)c1cccc(O)c1. The highest BCUT2D eigenvalue weighted by molar-refractivity contribution is 6.00. The van der Waals surface area contributed by atoms with Crippen molar-refractivity contribution in [1.82, 2.24) is 10.2 Å². The predicted octanol–water partition coefficient (Wildman–Crippen LogP) is 2.27. The van der Waals surface area contributed by atoms with Gasteiger partial charge in [-0.05, 0) is 62.7 Å². The number of methoxy groups -OCH3 is 1. The van der Waals surface area contributed by atoms with Gasteiger partial charge in [-0.15, -0.1) is 0 Å². The van der Waals surface area contributed by atoms with Crippen molar-refractivity contribution in [3.63, 3.8) is 0 Å². The average molecular weight is 511 g/mol. The maximum atomic E-state index is 13.5. The topological polar surface area (TPSA) is 160 Å². The van der Waals surface area contributed by atoms with Crippen LogP contribution in [0, 0.1) is 12.5 Å². The number of amides is 4. The van der Waals surface area contributed by atoms with Gasteiger partial charge in [0.1, 0.15) is 29.2 Å². The zero-order valence-corrected chi connectivity index (χ0v) is 21.0. The average Bonchev–Trinajstić information content (AvgIpc) is 2.80. The van der Waals surface area contributed by atoms with Crippen LogP contribution in [0.3, 0.4) is 0 Å². The van der Waals surface area contributed by atoms with E-state index in [1.165, 1.54) is 31.4 Å². The number of hydrogen-bond acceptors (Lipinski definition) is 7. The van der Waals surface area contributed by atoms with Gasteiger partial charge >= 0.3 is 6.09 Å². The Morgan fingerprint density at radius 1 is 1.14 bits per heavy atom. The van der Waals surface area contributed by atoms with Crippen LogP contribution in [-0.4, -0.2) is 52.6 Å². The number of hydrogen-bond donors (Lipinski definition) is 4. The second-order valence-corrected chi connectivity index (χ2v) is 8.92. The van der Waals surface area contributed by atoms with E-state index in [-0.39, 0.29) is 11.3 Å². The molecular weight excluding hydrogens is 480 g/mol. The highest BCUT2D eigenvalue weighted by Crippen LogP contribution is 2.27. The largest absolute Gasteiger partial charge is 0.508 e. The van der Waals surface area contributed by atoms with E-state index in [1.54, 1.807) is 45.0 Å². The number of phenolic OH excluding ortho intramolecular Hbond substituents is 1. The smallest absolute Gasteiger partial charge is 0.408 e. The van der Waals surface area contributed by atoms with Crippen LogP contribution in [0.2, 0.25) is 0 Å². The minimum Gasteiger partial charge on any atom is -0.508 e. The number of carbonyl (C=O) groups excluding carboxylic acids is 4. The lowest BCUT2D eigenvalue weighted by Crippen LogP contribution is -2.52. The Hall–Kier alpha value is -4.72. The standard InChI is InChI=1S/C26H30N4O7/c1-6-30(24(34)20(15-21(27)32)29-25(35)37-26(2,3)4)22(16-8-7-9-18(31)14-16)23(33)28-17-10-12-19(36-5)13-11-17/h1,7-14,20,22,31H,15H2,2-5H3,(H2,27,32)(H,28,33)(H,29,35). The van der Waals surface area contributed by atoms with Crippen molar-refractivity contribution in [1.29, 1.82) is 0 Å². The highest BCUT2D eigenvalue weighted by atomic mass is 16.6. The lowest BCUT2D eigenvalue weighted by atomic mass is 10.0. The second-order valence-electron chi connectivity index (χ2n) is 8.92. The number of primary amides is 1. The molecule has 0 aliphatic carbocycles. The number of nitrogens with one attached hydrogen (secondary N) is 2. The van der Waals surface area contributed by atoms with Gasteiger partial charge in [-0.1, -0.05) is 18.6 Å². The number of phenols is 1. The normalized spacial score (nSPS) is 12.3. The third-order valence-electron chi connectivity index (χ3n) is 4.82. The van der Waals surface area contributed by atoms with E-state index >= 15 is 0 Å². The van der Waals surface area contributed by atoms with E-state index in [0.717, 1.165) is 4.90 Å². The summed E-state index contributed by atoms with van der Waals surface area (Å²) in [5, 5.41) is 15.0. The first-order valence-corrected chi connectivity index (χ1v) is 11.2. The summed E-state index contributed by atoms with van der Waals surface area (Å²) in [5.74, 6) is -2.21. The maximum absolute atomic E-state index is 13.5. The number of terminal acetylenes is 1. The molecule has 2 atom stereocenters. The molecule has 5 N–H and O–H groups in total. The second kappa shape index (κ2) is 12.3. The molecular formula is C26H30N4O7. The molecule has 2 rings (SSSR count). The van der Waals surface area contributed by atoms with Crippen LogP contribution < -0.4 is 21.1 Å². The molecule has 2 unspecified atom stereocenters. The first-order chi connectivity index (χ1) is 17.3. The Morgan fingerprint density at radius 3 is 2.30 bits per heavy atom. The van der Waals surface area contributed by atoms with Gasteiger partial charge < -0.3 is 30.9 Å². The number of alkyl carbamates (subject to hydrolysis) is 1. The zero-order chi connectivity index (χ0) is 27.8. The van der Waals surface area contributed by atoms with Crippen LogP contribution in [0.4, 0.5) is 10.5 Å². The Labute approximate surface area is 214 Å². The Morgan fingerprint density at radius 2 is 1.78 bits per heavy atom. The molecule has 0 aliphatic rings. The molecule has 0 aromatic heterocycles. The van der Waals surface area contributed by atoms with Crippen molar-refractivity contribution in [2.24, 2.45) is 5.73 Å². The molecule has 11 nitrogen and oxygen atoms in total. The number of ether oxygens (including phenoxy) is 2. The van der Waals surface area contributed by atoms with Crippen molar-refractivity contribution in [3.05, 3.63) is 54.1 Å². The minimum atomic E-state index is -1.53. The Kier molecular flexibility index (Phi) is 9.48. The molecule has 0 spiro atoms. The molecule has 196 valence electrons. The first kappa shape index (κ1) is 28.5. The molecule has 0 saturated carbocycles. The molecule has 0 radical (unpaired) electrons. The predicted molar refractivity (Wildman–Crippen MR) is 135 cm³/mol. The van der Waals surface area contributed by atoms with Gasteiger partial charge in [-0.3, -0.25) is 19.3 Å². The van der Waals surface area contributed by atoms with Crippen molar-refractivity contribution in [2.45, 2.75) is 44.9 Å².